The number of hydrogen-bond donors (Lipinski definition) is 0. The minimum atomic E-state index is -0.0591. The van der Waals surface area contributed by atoms with Crippen molar-refractivity contribution < 1.29 is 4.79 Å². The molecule has 3 heterocycles. The fraction of sp³-hybridized carbons (Fsp3) is 0.167. The largest absolute Gasteiger partial charge is 0.330 e. The normalized spacial score (nSPS) is 16.2. The Bertz CT molecular complexity index is 1230. The number of pyridine rings is 1. The van der Waals surface area contributed by atoms with Crippen LogP contribution < -0.4 is 0 Å². The minimum absolute atomic E-state index is 0.0231. The van der Waals surface area contributed by atoms with E-state index in [2.05, 4.69) is 9.97 Å². The van der Waals surface area contributed by atoms with Crippen molar-refractivity contribution in [2.24, 2.45) is 0 Å². The third kappa shape index (κ3) is 3.53. The molecule has 5 rings (SSSR count). The highest BCUT2D eigenvalue weighted by atomic mass is 35.5. The molecule has 0 unspecified atom stereocenters. The SMILES string of the molecule is O=C(c1ccc2ncccc2c1)N1CCC[C@H]1c1ccnc(-c2ccc(Cl)cc2)n1. The predicted molar refractivity (Wildman–Crippen MR) is 117 cm³/mol. The number of nitrogens with zero attached hydrogens (tertiary/aromatic N) is 4. The first-order valence-electron chi connectivity index (χ1n) is 9.94. The van der Waals surface area contributed by atoms with E-state index in [0.29, 0.717) is 16.4 Å². The van der Waals surface area contributed by atoms with Crippen LogP contribution in [0.1, 0.15) is 34.9 Å². The van der Waals surface area contributed by atoms with Gasteiger partial charge in [-0.2, -0.15) is 0 Å². The van der Waals surface area contributed by atoms with Gasteiger partial charge < -0.3 is 4.90 Å². The zero-order valence-corrected chi connectivity index (χ0v) is 17.0. The van der Waals surface area contributed by atoms with Gasteiger partial charge in [0.2, 0.25) is 0 Å². The van der Waals surface area contributed by atoms with E-state index in [4.69, 9.17) is 16.6 Å². The Labute approximate surface area is 179 Å². The van der Waals surface area contributed by atoms with Gasteiger partial charge in [0.15, 0.2) is 5.82 Å². The summed E-state index contributed by atoms with van der Waals surface area (Å²) in [6.07, 6.45) is 5.35. The molecule has 1 amide bonds. The first-order valence-corrected chi connectivity index (χ1v) is 10.3. The van der Waals surface area contributed by atoms with Gasteiger partial charge in [-0.05, 0) is 67.4 Å². The van der Waals surface area contributed by atoms with Crippen molar-refractivity contribution in [1.82, 2.24) is 19.9 Å². The van der Waals surface area contributed by atoms with E-state index in [9.17, 15) is 4.79 Å². The zero-order valence-electron chi connectivity index (χ0n) is 16.2. The lowest BCUT2D eigenvalue weighted by Crippen LogP contribution is -2.31. The predicted octanol–water partition coefficient (Wildman–Crippen LogP) is 5.32. The second-order valence-electron chi connectivity index (χ2n) is 7.38. The summed E-state index contributed by atoms with van der Waals surface area (Å²) in [5.41, 5.74) is 3.33. The monoisotopic (exact) mass is 414 g/mol. The number of fused-ring (bicyclic) bond motifs is 1. The molecule has 1 aliphatic heterocycles. The van der Waals surface area contributed by atoms with Crippen LogP contribution >= 0.6 is 11.6 Å². The lowest BCUT2D eigenvalue weighted by atomic mass is 10.1. The van der Waals surface area contributed by atoms with E-state index in [1.54, 1.807) is 12.4 Å². The number of likely N-dealkylation sites (tertiary alicyclic amines) is 1. The van der Waals surface area contributed by atoms with Crippen molar-refractivity contribution in [3.63, 3.8) is 0 Å². The topological polar surface area (TPSA) is 59.0 Å². The molecule has 0 radical (unpaired) electrons. The van der Waals surface area contributed by atoms with Gasteiger partial charge in [-0.1, -0.05) is 17.7 Å². The smallest absolute Gasteiger partial charge is 0.254 e. The van der Waals surface area contributed by atoms with E-state index in [0.717, 1.165) is 41.5 Å². The molecule has 1 saturated heterocycles. The number of halogens is 1. The van der Waals surface area contributed by atoms with E-state index >= 15 is 0 Å². The van der Waals surface area contributed by atoms with E-state index in [1.165, 1.54) is 0 Å². The van der Waals surface area contributed by atoms with Gasteiger partial charge in [0.25, 0.3) is 5.91 Å². The van der Waals surface area contributed by atoms with Crippen LogP contribution in [0, 0.1) is 0 Å². The van der Waals surface area contributed by atoms with Crippen molar-refractivity contribution in [3.8, 4) is 11.4 Å². The maximum absolute atomic E-state index is 13.3. The summed E-state index contributed by atoms with van der Waals surface area (Å²) >= 11 is 5.99. The highest BCUT2D eigenvalue weighted by Gasteiger charge is 2.32. The molecule has 0 N–H and O–H groups in total. The number of rotatable bonds is 3. The summed E-state index contributed by atoms with van der Waals surface area (Å²) in [4.78, 5) is 28.8. The fourth-order valence-electron chi connectivity index (χ4n) is 3.99. The molecule has 1 atom stereocenters. The van der Waals surface area contributed by atoms with Gasteiger partial charge in [-0.25, -0.2) is 9.97 Å². The molecule has 2 aromatic carbocycles. The highest BCUT2D eigenvalue weighted by Crippen LogP contribution is 2.33. The lowest BCUT2D eigenvalue weighted by Gasteiger charge is -2.24. The quantitative estimate of drug-likeness (QED) is 0.455. The van der Waals surface area contributed by atoms with Crippen LogP contribution in [-0.2, 0) is 0 Å². The molecule has 6 heteroatoms. The standard InChI is InChI=1S/C24H19ClN4O/c25-19-8-5-16(6-9-19)23-27-13-11-21(28-23)22-4-2-14-29(22)24(30)18-7-10-20-17(15-18)3-1-12-26-20/h1,3,5-13,15,22H,2,4,14H2/t22-/m0/s1. The molecule has 30 heavy (non-hydrogen) atoms. The molecule has 4 aromatic rings. The average molecular weight is 415 g/mol. The fourth-order valence-corrected chi connectivity index (χ4v) is 4.11. The Morgan fingerprint density at radius 2 is 1.87 bits per heavy atom. The van der Waals surface area contributed by atoms with Crippen LogP contribution in [0.5, 0.6) is 0 Å². The Balaban J connectivity index is 1.45. The van der Waals surface area contributed by atoms with Crippen molar-refractivity contribution in [2.45, 2.75) is 18.9 Å². The van der Waals surface area contributed by atoms with Crippen molar-refractivity contribution in [3.05, 3.63) is 89.3 Å². The van der Waals surface area contributed by atoms with Crippen LogP contribution in [-0.4, -0.2) is 32.3 Å². The molecular formula is C24H19ClN4O. The average Bonchev–Trinajstić information content (AvgIpc) is 3.29. The maximum atomic E-state index is 13.3. The number of carbonyl (C=O) groups excluding carboxylic acids is 1. The van der Waals surface area contributed by atoms with Gasteiger partial charge in [0.05, 0.1) is 17.3 Å². The molecule has 0 saturated carbocycles. The molecule has 1 aliphatic rings. The molecule has 2 aromatic heterocycles. The van der Waals surface area contributed by atoms with Gasteiger partial charge in [-0.3, -0.25) is 9.78 Å². The zero-order chi connectivity index (χ0) is 20.5. The number of benzene rings is 2. The molecule has 148 valence electrons. The third-order valence-corrected chi connectivity index (χ3v) is 5.74. The minimum Gasteiger partial charge on any atom is -0.330 e. The number of carbonyl (C=O) groups is 1. The van der Waals surface area contributed by atoms with Gasteiger partial charge in [0, 0.05) is 40.5 Å². The van der Waals surface area contributed by atoms with Crippen molar-refractivity contribution in [1.29, 1.82) is 0 Å². The van der Waals surface area contributed by atoms with Crippen LogP contribution in [0.3, 0.4) is 0 Å². The van der Waals surface area contributed by atoms with Crippen molar-refractivity contribution >= 4 is 28.4 Å². The summed E-state index contributed by atoms with van der Waals surface area (Å²) in [5.74, 6) is 0.662. The maximum Gasteiger partial charge on any atom is 0.254 e. The van der Waals surface area contributed by atoms with E-state index in [-0.39, 0.29) is 11.9 Å². The molecule has 0 aliphatic carbocycles. The molecule has 0 spiro atoms. The van der Waals surface area contributed by atoms with Gasteiger partial charge >= 0.3 is 0 Å². The molecule has 1 fully saturated rings. The Morgan fingerprint density at radius 1 is 1.00 bits per heavy atom. The summed E-state index contributed by atoms with van der Waals surface area (Å²) in [6, 6.07) is 18.8. The summed E-state index contributed by atoms with van der Waals surface area (Å²) in [5, 5.41) is 1.64. The van der Waals surface area contributed by atoms with E-state index < -0.39 is 0 Å². The highest BCUT2D eigenvalue weighted by molar-refractivity contribution is 6.30. The third-order valence-electron chi connectivity index (χ3n) is 5.48. The summed E-state index contributed by atoms with van der Waals surface area (Å²) in [7, 11) is 0. The Kier molecular flexibility index (Phi) is 4.89. The lowest BCUT2D eigenvalue weighted by molar-refractivity contribution is 0.0733. The first kappa shape index (κ1) is 18.7. The van der Waals surface area contributed by atoms with Gasteiger partial charge in [-0.15, -0.1) is 0 Å². The number of aromatic nitrogens is 3. The Morgan fingerprint density at radius 3 is 2.73 bits per heavy atom. The molecule has 0 bridgehead atoms. The Hall–Kier alpha value is -3.31. The summed E-state index contributed by atoms with van der Waals surface area (Å²) < 4.78 is 0. The molecule has 5 nitrogen and oxygen atoms in total. The summed E-state index contributed by atoms with van der Waals surface area (Å²) in [6.45, 7) is 0.717. The number of hydrogen-bond acceptors (Lipinski definition) is 4. The van der Waals surface area contributed by atoms with Crippen LogP contribution in [0.4, 0.5) is 0 Å². The van der Waals surface area contributed by atoms with Crippen molar-refractivity contribution in [2.75, 3.05) is 6.54 Å². The second-order valence-corrected chi connectivity index (χ2v) is 7.82. The van der Waals surface area contributed by atoms with Crippen LogP contribution in [0.15, 0.2) is 73.1 Å². The molecular weight excluding hydrogens is 396 g/mol. The van der Waals surface area contributed by atoms with E-state index in [1.807, 2.05) is 65.6 Å². The van der Waals surface area contributed by atoms with Crippen LogP contribution in [0.2, 0.25) is 5.02 Å². The first-order chi connectivity index (χ1) is 14.7. The second kappa shape index (κ2) is 7.84. The number of amides is 1. The van der Waals surface area contributed by atoms with Gasteiger partial charge in [0.1, 0.15) is 0 Å². The van der Waals surface area contributed by atoms with Crippen LogP contribution in [0.25, 0.3) is 22.3 Å².